The average molecular weight is 219 g/mol. The number of methoxy groups -OCH3 is 1. The third-order valence-electron chi connectivity index (χ3n) is 3.88. The van der Waals surface area contributed by atoms with Gasteiger partial charge in [-0.2, -0.15) is 0 Å². The molecule has 0 saturated carbocycles. The van der Waals surface area contributed by atoms with Crippen LogP contribution in [-0.4, -0.2) is 32.1 Å². The van der Waals surface area contributed by atoms with Crippen LogP contribution in [0.5, 0.6) is 5.75 Å². The zero-order valence-electron chi connectivity index (χ0n) is 10.5. The van der Waals surface area contributed by atoms with E-state index in [1.54, 1.807) is 7.11 Å². The quantitative estimate of drug-likeness (QED) is 0.758. The van der Waals surface area contributed by atoms with Crippen molar-refractivity contribution in [1.29, 1.82) is 0 Å². The minimum atomic E-state index is 0.346. The Balaban J connectivity index is 2.16. The van der Waals surface area contributed by atoms with Gasteiger partial charge in [0.05, 0.1) is 7.11 Å². The van der Waals surface area contributed by atoms with Crippen molar-refractivity contribution in [3.05, 3.63) is 29.8 Å². The van der Waals surface area contributed by atoms with Crippen molar-refractivity contribution in [2.75, 3.05) is 27.2 Å². The first-order chi connectivity index (χ1) is 7.64. The van der Waals surface area contributed by atoms with Crippen LogP contribution in [-0.2, 0) is 5.41 Å². The van der Waals surface area contributed by atoms with Gasteiger partial charge in [-0.05, 0) is 56.1 Å². The van der Waals surface area contributed by atoms with Gasteiger partial charge in [-0.1, -0.05) is 19.1 Å². The monoisotopic (exact) mass is 219 g/mol. The molecule has 0 amide bonds. The van der Waals surface area contributed by atoms with E-state index < -0.39 is 0 Å². The van der Waals surface area contributed by atoms with E-state index in [4.69, 9.17) is 4.74 Å². The largest absolute Gasteiger partial charge is 0.497 e. The number of benzene rings is 1. The highest BCUT2D eigenvalue weighted by molar-refractivity contribution is 5.32. The molecule has 2 nitrogen and oxygen atoms in total. The Kier molecular flexibility index (Phi) is 3.20. The summed E-state index contributed by atoms with van der Waals surface area (Å²) in [6, 6.07) is 8.56. The molecule has 1 aliphatic rings. The van der Waals surface area contributed by atoms with Crippen LogP contribution in [0.1, 0.15) is 25.3 Å². The molecule has 2 heteroatoms. The first-order valence-corrected chi connectivity index (χ1v) is 5.97. The van der Waals surface area contributed by atoms with Gasteiger partial charge in [-0.3, -0.25) is 0 Å². The van der Waals surface area contributed by atoms with Crippen LogP contribution < -0.4 is 4.74 Å². The smallest absolute Gasteiger partial charge is 0.118 e. The maximum Gasteiger partial charge on any atom is 0.118 e. The summed E-state index contributed by atoms with van der Waals surface area (Å²) in [6.45, 7) is 4.77. The summed E-state index contributed by atoms with van der Waals surface area (Å²) in [7, 11) is 3.92. The van der Waals surface area contributed by atoms with Gasteiger partial charge in [0.25, 0.3) is 0 Å². The Bertz CT molecular complexity index is 336. The Hall–Kier alpha value is -1.02. The van der Waals surface area contributed by atoms with Crippen LogP contribution in [0.15, 0.2) is 24.3 Å². The number of nitrogens with zero attached hydrogens (tertiary/aromatic N) is 1. The molecule has 0 spiro atoms. The second-order valence-electron chi connectivity index (χ2n) is 5.09. The van der Waals surface area contributed by atoms with Crippen LogP contribution in [0, 0.1) is 0 Å². The van der Waals surface area contributed by atoms with Crippen molar-refractivity contribution in [2.24, 2.45) is 0 Å². The Morgan fingerprint density at radius 3 is 2.19 bits per heavy atom. The molecule has 0 aliphatic carbocycles. The highest BCUT2D eigenvalue weighted by Crippen LogP contribution is 2.35. The number of ether oxygens (including phenoxy) is 1. The molecule has 1 aromatic carbocycles. The van der Waals surface area contributed by atoms with Crippen LogP contribution in [0.25, 0.3) is 0 Å². The molecule has 0 N–H and O–H groups in total. The number of hydrogen-bond donors (Lipinski definition) is 0. The lowest BCUT2D eigenvalue weighted by atomic mass is 9.75. The van der Waals surface area contributed by atoms with E-state index in [9.17, 15) is 0 Å². The standard InChI is InChI=1S/C14H21NO/c1-14(8-10-15(2)11-9-14)12-4-6-13(16-3)7-5-12/h4-7H,8-11H2,1-3H3. The van der Waals surface area contributed by atoms with E-state index >= 15 is 0 Å². The fraction of sp³-hybridized carbons (Fsp3) is 0.571. The van der Waals surface area contributed by atoms with Crippen LogP contribution in [0.2, 0.25) is 0 Å². The fourth-order valence-corrected chi connectivity index (χ4v) is 2.39. The van der Waals surface area contributed by atoms with Crippen LogP contribution in [0.4, 0.5) is 0 Å². The zero-order chi connectivity index (χ0) is 11.6. The van der Waals surface area contributed by atoms with Gasteiger partial charge in [0.15, 0.2) is 0 Å². The summed E-state index contributed by atoms with van der Waals surface area (Å²) in [5.41, 5.74) is 1.79. The number of rotatable bonds is 2. The minimum Gasteiger partial charge on any atom is -0.497 e. The summed E-state index contributed by atoms with van der Waals surface area (Å²) in [5, 5.41) is 0. The van der Waals surface area contributed by atoms with Crippen molar-refractivity contribution < 1.29 is 4.74 Å². The molecule has 1 fully saturated rings. The van der Waals surface area contributed by atoms with Gasteiger partial charge in [0.2, 0.25) is 0 Å². The van der Waals surface area contributed by atoms with Crippen molar-refractivity contribution >= 4 is 0 Å². The van der Waals surface area contributed by atoms with E-state index in [-0.39, 0.29) is 0 Å². The predicted octanol–water partition coefficient (Wildman–Crippen LogP) is 2.68. The molecule has 1 heterocycles. The highest BCUT2D eigenvalue weighted by atomic mass is 16.5. The van der Waals surface area contributed by atoms with E-state index in [2.05, 4.69) is 43.1 Å². The lowest BCUT2D eigenvalue weighted by molar-refractivity contribution is 0.200. The van der Waals surface area contributed by atoms with E-state index in [1.807, 2.05) is 0 Å². The lowest BCUT2D eigenvalue weighted by Crippen LogP contribution is -2.38. The second kappa shape index (κ2) is 4.46. The molecule has 0 aromatic heterocycles. The lowest BCUT2D eigenvalue weighted by Gasteiger charge is -2.38. The van der Waals surface area contributed by atoms with E-state index in [0.717, 1.165) is 5.75 Å². The fourth-order valence-electron chi connectivity index (χ4n) is 2.39. The molecule has 1 aliphatic heterocycles. The maximum atomic E-state index is 5.20. The average Bonchev–Trinajstić information content (AvgIpc) is 2.33. The minimum absolute atomic E-state index is 0.346. The number of piperidine rings is 1. The third kappa shape index (κ3) is 2.22. The zero-order valence-corrected chi connectivity index (χ0v) is 10.5. The molecule has 16 heavy (non-hydrogen) atoms. The molecule has 0 atom stereocenters. The first kappa shape index (κ1) is 11.5. The number of likely N-dealkylation sites (tertiary alicyclic amines) is 1. The van der Waals surface area contributed by atoms with Gasteiger partial charge in [-0.25, -0.2) is 0 Å². The van der Waals surface area contributed by atoms with Crippen LogP contribution in [0.3, 0.4) is 0 Å². The van der Waals surface area contributed by atoms with Gasteiger partial charge in [0.1, 0.15) is 5.75 Å². The van der Waals surface area contributed by atoms with Crippen molar-refractivity contribution in [1.82, 2.24) is 4.90 Å². The van der Waals surface area contributed by atoms with Crippen molar-refractivity contribution in [3.8, 4) is 5.75 Å². The SMILES string of the molecule is COc1ccc(C2(C)CCN(C)CC2)cc1. The van der Waals surface area contributed by atoms with Gasteiger partial charge < -0.3 is 9.64 Å². The predicted molar refractivity (Wildman–Crippen MR) is 67.1 cm³/mol. The van der Waals surface area contributed by atoms with Gasteiger partial charge in [0, 0.05) is 0 Å². The summed E-state index contributed by atoms with van der Waals surface area (Å²) in [6.07, 6.45) is 2.49. The summed E-state index contributed by atoms with van der Waals surface area (Å²) < 4.78 is 5.20. The molecule has 1 aromatic rings. The van der Waals surface area contributed by atoms with Gasteiger partial charge >= 0.3 is 0 Å². The van der Waals surface area contributed by atoms with E-state index in [1.165, 1.54) is 31.5 Å². The van der Waals surface area contributed by atoms with Crippen LogP contribution >= 0.6 is 0 Å². The third-order valence-corrected chi connectivity index (χ3v) is 3.88. The molecule has 0 unspecified atom stereocenters. The molecule has 1 saturated heterocycles. The normalized spacial score (nSPS) is 20.7. The maximum absolute atomic E-state index is 5.20. The number of hydrogen-bond acceptors (Lipinski definition) is 2. The summed E-state index contributed by atoms with van der Waals surface area (Å²) >= 11 is 0. The molecular formula is C14H21NO. The van der Waals surface area contributed by atoms with E-state index in [0.29, 0.717) is 5.41 Å². The molecule has 2 rings (SSSR count). The molecule has 0 bridgehead atoms. The summed E-state index contributed by atoms with van der Waals surface area (Å²) in [4.78, 5) is 2.41. The molecule has 88 valence electrons. The molecular weight excluding hydrogens is 198 g/mol. The molecule has 0 radical (unpaired) electrons. The van der Waals surface area contributed by atoms with Gasteiger partial charge in [-0.15, -0.1) is 0 Å². The topological polar surface area (TPSA) is 12.5 Å². The Morgan fingerprint density at radius 1 is 1.12 bits per heavy atom. The summed E-state index contributed by atoms with van der Waals surface area (Å²) in [5.74, 6) is 0.945. The Morgan fingerprint density at radius 2 is 1.69 bits per heavy atom. The van der Waals surface area contributed by atoms with Crippen molar-refractivity contribution in [2.45, 2.75) is 25.2 Å². The first-order valence-electron chi connectivity index (χ1n) is 5.97. The van der Waals surface area contributed by atoms with Crippen molar-refractivity contribution in [3.63, 3.8) is 0 Å². The Labute approximate surface area is 98.2 Å². The second-order valence-corrected chi connectivity index (χ2v) is 5.09. The highest BCUT2D eigenvalue weighted by Gasteiger charge is 2.30.